The summed E-state index contributed by atoms with van der Waals surface area (Å²) in [7, 11) is -3.84. The van der Waals surface area contributed by atoms with E-state index < -0.39 is 21.8 Å². The first-order valence-corrected chi connectivity index (χ1v) is 9.18. The van der Waals surface area contributed by atoms with Gasteiger partial charge in [0.15, 0.2) is 0 Å². The van der Waals surface area contributed by atoms with Crippen LogP contribution in [0, 0.1) is 5.92 Å². The van der Waals surface area contributed by atoms with Gasteiger partial charge in [0.1, 0.15) is 0 Å². The summed E-state index contributed by atoms with van der Waals surface area (Å²) in [6.07, 6.45) is 4.71. The number of carbonyl (C=O) groups excluding carboxylic acids is 1. The van der Waals surface area contributed by atoms with E-state index in [1.807, 2.05) is 4.90 Å². The van der Waals surface area contributed by atoms with Gasteiger partial charge in [-0.3, -0.25) is 4.79 Å². The maximum atomic E-state index is 12.4. The number of sulfonamides is 1. The molecule has 0 bridgehead atoms. The van der Waals surface area contributed by atoms with E-state index in [9.17, 15) is 13.2 Å². The Hall–Kier alpha value is -2.48. The van der Waals surface area contributed by atoms with Crippen LogP contribution in [0.5, 0.6) is 0 Å². The summed E-state index contributed by atoms with van der Waals surface area (Å²) in [5.74, 6) is -0.346. The third kappa shape index (κ3) is 3.70. The van der Waals surface area contributed by atoms with Gasteiger partial charge in [0, 0.05) is 25.5 Å². The molecule has 2 aromatic rings. The van der Waals surface area contributed by atoms with Gasteiger partial charge in [-0.25, -0.2) is 23.1 Å². The fourth-order valence-electron chi connectivity index (χ4n) is 2.70. The van der Waals surface area contributed by atoms with Crippen molar-refractivity contribution in [1.82, 2.24) is 14.7 Å². The first kappa shape index (κ1) is 16.4. The summed E-state index contributed by atoms with van der Waals surface area (Å²) in [4.78, 5) is 22.8. The van der Waals surface area contributed by atoms with Crippen molar-refractivity contribution in [3.63, 3.8) is 0 Å². The standard InChI is InChI=1S/C16H18N4O3S/c21-15(19-24(22,23)14-7-2-1-3-8-14)13-6-4-11-20(12-13)16-17-9-5-10-18-16/h1-3,5,7-10,13H,4,6,11-12H2,(H,19,21)/t13-/m1/s1. The van der Waals surface area contributed by atoms with Gasteiger partial charge in [0.05, 0.1) is 10.8 Å². The van der Waals surface area contributed by atoms with Crippen LogP contribution < -0.4 is 9.62 Å². The predicted octanol–water partition coefficient (Wildman–Crippen LogP) is 1.20. The summed E-state index contributed by atoms with van der Waals surface area (Å²) >= 11 is 0. The van der Waals surface area contributed by atoms with Gasteiger partial charge in [-0.1, -0.05) is 18.2 Å². The number of piperidine rings is 1. The third-order valence-corrected chi connectivity index (χ3v) is 5.28. The highest BCUT2D eigenvalue weighted by molar-refractivity contribution is 7.90. The molecule has 0 aliphatic carbocycles. The Morgan fingerprint density at radius 3 is 2.54 bits per heavy atom. The van der Waals surface area contributed by atoms with Crippen LogP contribution in [-0.2, 0) is 14.8 Å². The Morgan fingerprint density at radius 1 is 1.12 bits per heavy atom. The second-order valence-corrected chi connectivity index (χ2v) is 7.30. The second-order valence-electron chi connectivity index (χ2n) is 5.62. The van der Waals surface area contributed by atoms with E-state index in [1.165, 1.54) is 12.1 Å². The molecule has 1 aromatic carbocycles. The van der Waals surface area contributed by atoms with Crippen molar-refractivity contribution in [3.05, 3.63) is 48.8 Å². The number of hydrogen-bond donors (Lipinski definition) is 1. The largest absolute Gasteiger partial charge is 0.340 e. The van der Waals surface area contributed by atoms with E-state index in [0.29, 0.717) is 18.9 Å². The predicted molar refractivity (Wildman–Crippen MR) is 88.7 cm³/mol. The van der Waals surface area contributed by atoms with Crippen LogP contribution in [0.2, 0.25) is 0 Å². The molecule has 1 amide bonds. The molecule has 24 heavy (non-hydrogen) atoms. The number of hydrogen-bond acceptors (Lipinski definition) is 6. The van der Waals surface area contributed by atoms with Gasteiger partial charge in [-0.05, 0) is 31.0 Å². The van der Waals surface area contributed by atoms with E-state index in [4.69, 9.17) is 0 Å². The van der Waals surface area contributed by atoms with Crippen molar-refractivity contribution in [2.24, 2.45) is 5.92 Å². The molecular weight excluding hydrogens is 328 g/mol. The van der Waals surface area contributed by atoms with E-state index in [-0.39, 0.29) is 4.90 Å². The Kier molecular flexibility index (Phi) is 4.75. The topological polar surface area (TPSA) is 92.3 Å². The smallest absolute Gasteiger partial charge is 0.264 e. The second kappa shape index (κ2) is 6.96. The molecule has 0 spiro atoms. The number of aromatic nitrogens is 2. The van der Waals surface area contributed by atoms with Crippen molar-refractivity contribution in [1.29, 1.82) is 0 Å². The normalized spacial score (nSPS) is 18.2. The van der Waals surface area contributed by atoms with Crippen molar-refractivity contribution in [3.8, 4) is 0 Å². The average Bonchev–Trinajstić information content (AvgIpc) is 2.63. The lowest BCUT2D eigenvalue weighted by Crippen LogP contribution is -2.45. The molecule has 1 aromatic heterocycles. The first-order valence-electron chi connectivity index (χ1n) is 7.70. The fraction of sp³-hybridized carbons (Fsp3) is 0.312. The average molecular weight is 346 g/mol. The minimum Gasteiger partial charge on any atom is -0.340 e. The van der Waals surface area contributed by atoms with Gasteiger partial charge >= 0.3 is 0 Å². The van der Waals surface area contributed by atoms with Crippen LogP contribution in [0.15, 0.2) is 53.7 Å². The lowest BCUT2D eigenvalue weighted by molar-refractivity contribution is -0.123. The molecule has 0 saturated carbocycles. The van der Waals surface area contributed by atoms with E-state index in [2.05, 4.69) is 14.7 Å². The van der Waals surface area contributed by atoms with Crippen molar-refractivity contribution in [2.75, 3.05) is 18.0 Å². The number of anilines is 1. The zero-order chi connectivity index (χ0) is 17.0. The number of carbonyl (C=O) groups is 1. The molecule has 1 saturated heterocycles. The summed E-state index contributed by atoms with van der Waals surface area (Å²) < 4.78 is 26.7. The summed E-state index contributed by atoms with van der Waals surface area (Å²) in [5, 5.41) is 0. The Balaban J connectivity index is 1.69. The highest BCUT2D eigenvalue weighted by Crippen LogP contribution is 2.20. The molecule has 0 unspecified atom stereocenters. The minimum atomic E-state index is -3.84. The van der Waals surface area contributed by atoms with Crippen molar-refractivity contribution in [2.45, 2.75) is 17.7 Å². The number of rotatable bonds is 4. The van der Waals surface area contributed by atoms with Crippen LogP contribution in [-0.4, -0.2) is 37.4 Å². The SMILES string of the molecule is O=C(NS(=O)(=O)c1ccccc1)[C@@H]1CCCN(c2ncccn2)C1. The molecule has 7 nitrogen and oxygen atoms in total. The molecule has 1 aliphatic rings. The van der Waals surface area contributed by atoms with E-state index in [0.717, 1.165) is 13.0 Å². The molecule has 1 aliphatic heterocycles. The minimum absolute atomic E-state index is 0.0809. The Labute approximate surface area is 140 Å². The van der Waals surface area contributed by atoms with Gasteiger partial charge in [-0.15, -0.1) is 0 Å². The molecular formula is C16H18N4O3S. The lowest BCUT2D eigenvalue weighted by atomic mass is 9.98. The Morgan fingerprint density at radius 2 is 1.83 bits per heavy atom. The van der Waals surface area contributed by atoms with Crippen LogP contribution in [0.1, 0.15) is 12.8 Å². The fourth-order valence-corrected chi connectivity index (χ4v) is 3.77. The highest BCUT2D eigenvalue weighted by Gasteiger charge is 2.29. The lowest BCUT2D eigenvalue weighted by Gasteiger charge is -2.31. The van der Waals surface area contributed by atoms with Crippen molar-refractivity contribution >= 4 is 21.9 Å². The van der Waals surface area contributed by atoms with Gasteiger partial charge < -0.3 is 4.90 Å². The quantitative estimate of drug-likeness (QED) is 0.894. The molecule has 0 radical (unpaired) electrons. The molecule has 1 fully saturated rings. The molecule has 3 rings (SSSR count). The maximum Gasteiger partial charge on any atom is 0.264 e. The first-order chi connectivity index (χ1) is 11.6. The molecule has 1 N–H and O–H groups in total. The summed E-state index contributed by atoms with van der Waals surface area (Å²) in [6, 6.07) is 9.60. The van der Waals surface area contributed by atoms with Crippen molar-refractivity contribution < 1.29 is 13.2 Å². The van der Waals surface area contributed by atoms with E-state index >= 15 is 0 Å². The third-order valence-electron chi connectivity index (χ3n) is 3.92. The number of benzene rings is 1. The Bertz CT molecular complexity index is 797. The van der Waals surface area contributed by atoms with Gasteiger partial charge in [0.25, 0.3) is 10.0 Å². The van der Waals surface area contributed by atoms with Crippen LogP contribution >= 0.6 is 0 Å². The monoisotopic (exact) mass is 346 g/mol. The molecule has 8 heteroatoms. The summed E-state index contributed by atoms with van der Waals surface area (Å²) in [5.41, 5.74) is 0. The van der Waals surface area contributed by atoms with Crippen LogP contribution in [0.3, 0.4) is 0 Å². The maximum absolute atomic E-state index is 12.4. The van der Waals surface area contributed by atoms with Gasteiger partial charge in [-0.2, -0.15) is 0 Å². The molecule has 1 atom stereocenters. The number of nitrogens with zero attached hydrogens (tertiary/aromatic N) is 3. The molecule has 126 valence electrons. The van der Waals surface area contributed by atoms with Gasteiger partial charge in [0.2, 0.25) is 11.9 Å². The van der Waals surface area contributed by atoms with E-state index in [1.54, 1.807) is 36.7 Å². The number of nitrogens with one attached hydrogen (secondary N) is 1. The zero-order valence-electron chi connectivity index (χ0n) is 13.0. The zero-order valence-corrected chi connectivity index (χ0v) is 13.8. The highest BCUT2D eigenvalue weighted by atomic mass is 32.2. The molecule has 2 heterocycles. The van der Waals surface area contributed by atoms with Crippen LogP contribution in [0.4, 0.5) is 5.95 Å². The van der Waals surface area contributed by atoms with Crippen LogP contribution in [0.25, 0.3) is 0 Å². The number of amides is 1. The summed E-state index contributed by atoms with van der Waals surface area (Å²) in [6.45, 7) is 1.15.